The van der Waals surface area contributed by atoms with E-state index in [1.807, 2.05) is 23.6 Å². The summed E-state index contributed by atoms with van der Waals surface area (Å²) in [6.45, 7) is 11.6. The van der Waals surface area contributed by atoms with Crippen molar-refractivity contribution < 1.29 is 19.1 Å². The van der Waals surface area contributed by atoms with Gasteiger partial charge in [0, 0.05) is 25.0 Å². The molecule has 9 nitrogen and oxygen atoms in total. The molecule has 2 aromatic rings. The van der Waals surface area contributed by atoms with Crippen LogP contribution in [-0.4, -0.2) is 70.4 Å². The van der Waals surface area contributed by atoms with Crippen LogP contribution in [0.2, 0.25) is 0 Å². The van der Waals surface area contributed by atoms with Crippen LogP contribution in [-0.2, 0) is 14.3 Å². The van der Waals surface area contributed by atoms with E-state index in [1.54, 1.807) is 20.8 Å². The molecule has 1 N–H and O–H groups in total. The minimum Gasteiger partial charge on any atom is -0.444 e. The van der Waals surface area contributed by atoms with Crippen LogP contribution in [0.4, 0.5) is 15.7 Å². The standard InChI is InChI=1S/C23H31N5O4S/c1-14-11-27(12-15(2)31-14)19-8-6-7-16(24-19)17-13-33-21(25-17)26-20(29)18-9-10-28(18)22(30)32-23(3,4)5/h6-8,13-15,18H,9-12H2,1-5H3,(H,25,26,29)/t14-,15+,18?. The Kier molecular flexibility index (Phi) is 6.58. The summed E-state index contributed by atoms with van der Waals surface area (Å²) in [5.41, 5.74) is 0.843. The minimum atomic E-state index is -0.600. The molecule has 0 radical (unpaired) electrons. The number of carbonyl (C=O) groups excluding carboxylic acids is 2. The molecular formula is C23H31N5O4S. The molecule has 0 saturated carbocycles. The average molecular weight is 474 g/mol. The van der Waals surface area contributed by atoms with Crippen LogP contribution in [0.3, 0.4) is 0 Å². The fraction of sp³-hybridized carbons (Fsp3) is 0.565. The fourth-order valence-electron chi connectivity index (χ4n) is 3.94. The molecule has 0 spiro atoms. The Morgan fingerprint density at radius 3 is 2.52 bits per heavy atom. The highest BCUT2D eigenvalue weighted by molar-refractivity contribution is 7.14. The predicted octanol–water partition coefficient (Wildman–Crippen LogP) is 3.77. The number of anilines is 2. The van der Waals surface area contributed by atoms with E-state index in [-0.39, 0.29) is 18.1 Å². The van der Waals surface area contributed by atoms with Gasteiger partial charge < -0.3 is 19.7 Å². The summed E-state index contributed by atoms with van der Waals surface area (Å²) in [5.74, 6) is 0.626. The molecule has 2 aromatic heterocycles. The normalized spacial score (nSPS) is 23.1. The number of amides is 2. The lowest BCUT2D eigenvalue weighted by atomic mass is 10.0. The van der Waals surface area contributed by atoms with Gasteiger partial charge in [-0.15, -0.1) is 11.3 Å². The summed E-state index contributed by atoms with van der Waals surface area (Å²) in [4.78, 5) is 38.0. The molecule has 178 valence electrons. The number of hydrogen-bond donors (Lipinski definition) is 1. The first-order valence-corrected chi connectivity index (χ1v) is 12.1. The van der Waals surface area contributed by atoms with Crippen LogP contribution < -0.4 is 10.2 Å². The molecule has 2 fully saturated rings. The maximum Gasteiger partial charge on any atom is 0.410 e. The van der Waals surface area contributed by atoms with Crippen molar-refractivity contribution in [1.82, 2.24) is 14.9 Å². The molecule has 10 heteroatoms. The van der Waals surface area contributed by atoms with Gasteiger partial charge in [0.25, 0.3) is 0 Å². The van der Waals surface area contributed by atoms with Crippen LogP contribution in [0, 0.1) is 0 Å². The van der Waals surface area contributed by atoms with Gasteiger partial charge in [-0.3, -0.25) is 9.69 Å². The van der Waals surface area contributed by atoms with E-state index in [0.29, 0.717) is 23.8 Å². The number of nitrogens with zero attached hydrogens (tertiary/aromatic N) is 4. The number of thiazole rings is 1. The predicted molar refractivity (Wildman–Crippen MR) is 128 cm³/mol. The molecule has 2 aliphatic rings. The lowest BCUT2D eigenvalue weighted by Gasteiger charge is -2.39. The summed E-state index contributed by atoms with van der Waals surface area (Å²) in [5, 5.41) is 5.19. The molecule has 0 bridgehead atoms. The summed E-state index contributed by atoms with van der Waals surface area (Å²) >= 11 is 1.34. The first-order valence-electron chi connectivity index (χ1n) is 11.2. The van der Waals surface area contributed by atoms with E-state index in [0.717, 1.165) is 24.6 Å². The van der Waals surface area contributed by atoms with Crippen molar-refractivity contribution >= 4 is 34.3 Å². The van der Waals surface area contributed by atoms with E-state index in [2.05, 4.69) is 29.0 Å². The van der Waals surface area contributed by atoms with E-state index in [4.69, 9.17) is 14.5 Å². The Morgan fingerprint density at radius 1 is 1.15 bits per heavy atom. The maximum absolute atomic E-state index is 12.7. The molecule has 3 atom stereocenters. The zero-order valence-corrected chi connectivity index (χ0v) is 20.5. The van der Waals surface area contributed by atoms with Gasteiger partial charge in [0.2, 0.25) is 5.91 Å². The van der Waals surface area contributed by atoms with Gasteiger partial charge in [-0.05, 0) is 53.2 Å². The number of hydrogen-bond acceptors (Lipinski definition) is 8. The minimum absolute atomic E-state index is 0.145. The number of ether oxygens (including phenoxy) is 2. The van der Waals surface area contributed by atoms with Crippen LogP contribution >= 0.6 is 11.3 Å². The highest BCUT2D eigenvalue weighted by Gasteiger charge is 2.40. The van der Waals surface area contributed by atoms with Crippen LogP contribution in [0.15, 0.2) is 23.6 Å². The van der Waals surface area contributed by atoms with E-state index in [1.165, 1.54) is 16.2 Å². The smallest absolute Gasteiger partial charge is 0.410 e. The lowest BCUT2D eigenvalue weighted by molar-refractivity contribution is -0.125. The van der Waals surface area contributed by atoms with Gasteiger partial charge in [-0.1, -0.05) is 6.07 Å². The topological polar surface area (TPSA) is 96.9 Å². The summed E-state index contributed by atoms with van der Waals surface area (Å²) < 4.78 is 11.2. The monoisotopic (exact) mass is 473 g/mol. The molecule has 0 aromatic carbocycles. The van der Waals surface area contributed by atoms with Gasteiger partial charge >= 0.3 is 6.09 Å². The Balaban J connectivity index is 1.40. The lowest BCUT2D eigenvalue weighted by Crippen LogP contribution is -2.57. The molecule has 2 aliphatic heterocycles. The molecule has 1 unspecified atom stereocenters. The quantitative estimate of drug-likeness (QED) is 0.722. The van der Waals surface area contributed by atoms with Crippen molar-refractivity contribution in [3.8, 4) is 11.4 Å². The number of rotatable bonds is 4. The number of likely N-dealkylation sites (tertiary alicyclic amines) is 1. The van der Waals surface area contributed by atoms with E-state index < -0.39 is 17.7 Å². The van der Waals surface area contributed by atoms with Gasteiger partial charge in [-0.25, -0.2) is 14.8 Å². The molecule has 33 heavy (non-hydrogen) atoms. The summed E-state index contributed by atoms with van der Waals surface area (Å²) in [6, 6.07) is 5.32. The van der Waals surface area contributed by atoms with Crippen LogP contribution in [0.5, 0.6) is 0 Å². The van der Waals surface area contributed by atoms with Crippen molar-refractivity contribution in [2.24, 2.45) is 0 Å². The molecular weight excluding hydrogens is 442 g/mol. The Hall–Kier alpha value is -2.72. The van der Waals surface area contributed by atoms with Crippen molar-refractivity contribution in [3.05, 3.63) is 23.6 Å². The zero-order valence-electron chi connectivity index (χ0n) is 19.7. The fourth-order valence-corrected chi connectivity index (χ4v) is 4.65. The second kappa shape index (κ2) is 9.26. The van der Waals surface area contributed by atoms with Gasteiger partial charge in [-0.2, -0.15) is 0 Å². The van der Waals surface area contributed by atoms with E-state index >= 15 is 0 Å². The molecule has 4 heterocycles. The number of pyridine rings is 1. The van der Waals surface area contributed by atoms with Crippen molar-refractivity contribution in [2.75, 3.05) is 29.9 Å². The van der Waals surface area contributed by atoms with E-state index in [9.17, 15) is 9.59 Å². The van der Waals surface area contributed by atoms with Gasteiger partial charge in [0.05, 0.1) is 17.9 Å². The Morgan fingerprint density at radius 2 is 1.88 bits per heavy atom. The van der Waals surface area contributed by atoms with Crippen molar-refractivity contribution in [3.63, 3.8) is 0 Å². The number of aromatic nitrogens is 2. The molecule has 0 aliphatic carbocycles. The number of carbonyl (C=O) groups is 2. The third kappa shape index (κ3) is 5.62. The third-order valence-corrected chi connectivity index (χ3v) is 6.18. The number of morpholine rings is 1. The largest absolute Gasteiger partial charge is 0.444 e. The van der Waals surface area contributed by atoms with Crippen LogP contribution in [0.1, 0.15) is 41.0 Å². The highest BCUT2D eigenvalue weighted by Crippen LogP contribution is 2.28. The van der Waals surface area contributed by atoms with Crippen molar-refractivity contribution in [2.45, 2.75) is 64.9 Å². The summed E-state index contributed by atoms with van der Waals surface area (Å²) in [6.07, 6.45) is 0.420. The number of nitrogens with one attached hydrogen (secondary N) is 1. The Bertz CT molecular complexity index is 1010. The second-order valence-electron chi connectivity index (χ2n) is 9.55. The first kappa shape index (κ1) is 23.4. The van der Waals surface area contributed by atoms with Crippen LogP contribution in [0.25, 0.3) is 11.4 Å². The third-order valence-electron chi connectivity index (χ3n) is 5.43. The summed E-state index contributed by atoms with van der Waals surface area (Å²) in [7, 11) is 0. The molecule has 2 amide bonds. The zero-order chi connectivity index (χ0) is 23.8. The maximum atomic E-state index is 12.7. The highest BCUT2D eigenvalue weighted by atomic mass is 32.1. The first-order chi connectivity index (χ1) is 15.6. The molecule has 4 rings (SSSR count). The van der Waals surface area contributed by atoms with Gasteiger partial charge in [0.1, 0.15) is 23.2 Å². The van der Waals surface area contributed by atoms with Gasteiger partial charge in [0.15, 0.2) is 5.13 Å². The average Bonchev–Trinajstić information content (AvgIpc) is 3.13. The molecule has 2 saturated heterocycles. The Labute approximate surface area is 198 Å². The second-order valence-corrected chi connectivity index (χ2v) is 10.4. The SMILES string of the molecule is C[C@@H]1CN(c2cccc(-c3csc(NC(=O)C4CCN4C(=O)OC(C)(C)C)n3)n2)C[C@H](C)O1. The van der Waals surface area contributed by atoms with Crippen molar-refractivity contribution in [1.29, 1.82) is 0 Å².